The van der Waals surface area contributed by atoms with Gasteiger partial charge >= 0.3 is 0 Å². The van der Waals surface area contributed by atoms with Crippen molar-refractivity contribution in [3.63, 3.8) is 0 Å². The van der Waals surface area contributed by atoms with Crippen LogP contribution in [0.1, 0.15) is 16.3 Å². The summed E-state index contributed by atoms with van der Waals surface area (Å²) in [7, 11) is 0. The first-order valence-electron chi connectivity index (χ1n) is 6.62. The molecule has 22 heavy (non-hydrogen) atoms. The van der Waals surface area contributed by atoms with Gasteiger partial charge in [-0.05, 0) is 31.2 Å². The lowest BCUT2D eigenvalue weighted by Crippen LogP contribution is -2.24. The number of aromatic nitrogens is 1. The molecule has 0 saturated carbocycles. The summed E-state index contributed by atoms with van der Waals surface area (Å²) < 4.78 is 6.26. The Morgan fingerprint density at radius 1 is 1.36 bits per heavy atom. The molecule has 0 radical (unpaired) electrons. The molecule has 3 rings (SSSR count). The number of nitrogens with one attached hydrogen (secondary N) is 1. The third kappa shape index (κ3) is 3.76. The summed E-state index contributed by atoms with van der Waals surface area (Å²) in [6.45, 7) is 2.38. The van der Waals surface area contributed by atoms with Gasteiger partial charge in [-0.2, -0.15) is 0 Å². The number of hydrogen-bond donors (Lipinski definition) is 1. The van der Waals surface area contributed by atoms with E-state index in [1.54, 1.807) is 0 Å². The minimum Gasteiger partial charge on any atom is -0.459 e. The van der Waals surface area contributed by atoms with E-state index >= 15 is 0 Å². The van der Waals surface area contributed by atoms with Gasteiger partial charge in [-0.15, -0.1) is 22.7 Å². The Labute approximate surface area is 140 Å². The van der Waals surface area contributed by atoms with Crippen LogP contribution in [0.4, 0.5) is 0 Å². The van der Waals surface area contributed by atoms with Crippen LogP contribution in [-0.4, -0.2) is 10.9 Å². The highest BCUT2D eigenvalue weighted by Crippen LogP contribution is 2.25. The van der Waals surface area contributed by atoms with Gasteiger partial charge < -0.3 is 9.73 Å². The van der Waals surface area contributed by atoms with Gasteiger partial charge in [0.05, 0.1) is 23.0 Å². The normalized spacial score (nSPS) is 10.8. The van der Waals surface area contributed by atoms with Crippen molar-refractivity contribution in [2.75, 3.05) is 0 Å². The first-order chi connectivity index (χ1) is 10.6. The Balaban J connectivity index is 1.56. The lowest BCUT2D eigenvalue weighted by Gasteiger charge is -2.01. The second-order valence-corrected chi connectivity index (χ2v) is 7.37. The van der Waals surface area contributed by atoms with Crippen LogP contribution in [0.25, 0.3) is 10.8 Å². The maximum atomic E-state index is 11.9. The number of hydrogen-bond acceptors (Lipinski definition) is 5. The van der Waals surface area contributed by atoms with Crippen molar-refractivity contribution in [3.8, 4) is 10.8 Å². The largest absolute Gasteiger partial charge is 0.459 e. The fourth-order valence-electron chi connectivity index (χ4n) is 1.91. The summed E-state index contributed by atoms with van der Waals surface area (Å²) in [6, 6.07) is 7.52. The molecule has 4 nitrogen and oxygen atoms in total. The van der Waals surface area contributed by atoms with E-state index in [9.17, 15) is 4.79 Å². The third-order valence-electron chi connectivity index (χ3n) is 2.93. The second kappa shape index (κ2) is 6.64. The minimum atomic E-state index is -0.0583. The summed E-state index contributed by atoms with van der Waals surface area (Å²) in [4.78, 5) is 17.4. The number of thiophene rings is 1. The molecule has 0 unspecified atom stereocenters. The van der Waals surface area contributed by atoms with E-state index in [4.69, 9.17) is 16.0 Å². The number of carbonyl (C=O) groups excluding carboxylic acids is 1. The molecular weight excluding hydrogens is 340 g/mol. The molecule has 0 aromatic carbocycles. The Kier molecular flexibility index (Phi) is 4.61. The molecule has 0 fully saturated rings. The smallest absolute Gasteiger partial charge is 0.226 e. The number of carbonyl (C=O) groups is 1. The van der Waals surface area contributed by atoms with E-state index < -0.39 is 0 Å². The Bertz CT molecular complexity index is 791. The lowest BCUT2D eigenvalue weighted by atomic mass is 10.3. The number of aryl methyl sites for hydroxylation is 1. The molecule has 0 aliphatic heterocycles. The van der Waals surface area contributed by atoms with Gasteiger partial charge in [-0.3, -0.25) is 4.79 Å². The highest BCUT2D eigenvalue weighted by atomic mass is 35.5. The van der Waals surface area contributed by atoms with Crippen molar-refractivity contribution < 1.29 is 9.21 Å². The van der Waals surface area contributed by atoms with Crippen molar-refractivity contribution >= 4 is 40.2 Å². The molecule has 0 saturated heterocycles. The van der Waals surface area contributed by atoms with E-state index in [1.165, 1.54) is 22.7 Å². The number of nitrogens with zero attached hydrogens (tertiary/aromatic N) is 1. The zero-order valence-corrected chi connectivity index (χ0v) is 14.1. The van der Waals surface area contributed by atoms with Crippen molar-refractivity contribution in [1.82, 2.24) is 10.3 Å². The maximum Gasteiger partial charge on any atom is 0.226 e. The number of furan rings is 1. The van der Waals surface area contributed by atoms with E-state index in [2.05, 4.69) is 10.3 Å². The molecule has 0 spiro atoms. The highest BCUT2D eigenvalue weighted by molar-refractivity contribution is 7.16. The summed E-state index contributed by atoms with van der Waals surface area (Å²) >= 11 is 8.80. The van der Waals surface area contributed by atoms with Gasteiger partial charge in [-0.1, -0.05) is 11.6 Å². The van der Waals surface area contributed by atoms with Crippen LogP contribution in [0.5, 0.6) is 0 Å². The van der Waals surface area contributed by atoms with Crippen LogP contribution in [0.3, 0.4) is 0 Å². The number of thiazole rings is 1. The van der Waals surface area contributed by atoms with Gasteiger partial charge in [0, 0.05) is 10.3 Å². The SMILES string of the molecule is Cc1ccc(-c2nc(CC(=O)NCc3ccc(Cl)s3)cs2)o1. The molecule has 3 aromatic heterocycles. The number of halogens is 1. The molecule has 3 aromatic rings. The maximum absolute atomic E-state index is 11.9. The predicted octanol–water partition coefficient (Wildman–Crippen LogP) is 4.29. The standard InChI is InChI=1S/C15H13ClN2O2S2/c1-9-2-4-12(20-9)15-18-10(8-21-15)6-14(19)17-7-11-3-5-13(16)22-11/h2-5,8H,6-7H2,1H3,(H,17,19). The predicted molar refractivity (Wildman–Crippen MR) is 89.4 cm³/mol. The minimum absolute atomic E-state index is 0.0583. The van der Waals surface area contributed by atoms with Crippen LogP contribution >= 0.6 is 34.3 Å². The first kappa shape index (κ1) is 15.3. The van der Waals surface area contributed by atoms with Crippen LogP contribution in [0.2, 0.25) is 4.34 Å². The second-order valence-electron chi connectivity index (χ2n) is 4.71. The van der Waals surface area contributed by atoms with E-state index in [0.29, 0.717) is 6.54 Å². The molecule has 0 aliphatic carbocycles. The summed E-state index contributed by atoms with van der Waals surface area (Å²) in [6.07, 6.45) is 0.259. The number of rotatable bonds is 5. The Morgan fingerprint density at radius 3 is 2.91 bits per heavy atom. The van der Waals surface area contributed by atoms with Gasteiger partial charge in [0.1, 0.15) is 5.76 Å². The van der Waals surface area contributed by atoms with Crippen LogP contribution in [-0.2, 0) is 17.8 Å². The molecule has 0 bridgehead atoms. The molecule has 1 N–H and O–H groups in total. The molecule has 114 valence electrons. The van der Waals surface area contributed by atoms with E-state index in [1.807, 2.05) is 36.6 Å². The molecule has 3 heterocycles. The molecule has 0 aliphatic rings. The molecule has 1 amide bonds. The number of amides is 1. The zero-order chi connectivity index (χ0) is 15.5. The quantitative estimate of drug-likeness (QED) is 0.745. The first-order valence-corrected chi connectivity index (χ1v) is 8.70. The summed E-state index contributed by atoms with van der Waals surface area (Å²) in [5.41, 5.74) is 0.746. The monoisotopic (exact) mass is 352 g/mol. The molecule has 7 heteroatoms. The third-order valence-corrected chi connectivity index (χ3v) is 5.07. The van der Waals surface area contributed by atoms with E-state index in [0.717, 1.165) is 31.4 Å². The summed E-state index contributed by atoms with van der Waals surface area (Å²) in [5, 5.41) is 5.54. The van der Waals surface area contributed by atoms with Crippen LogP contribution in [0, 0.1) is 6.92 Å². The van der Waals surface area contributed by atoms with Crippen LogP contribution < -0.4 is 5.32 Å². The Hall–Kier alpha value is -1.63. The van der Waals surface area contributed by atoms with Gasteiger partial charge in [0.15, 0.2) is 10.8 Å². The average molecular weight is 353 g/mol. The van der Waals surface area contributed by atoms with Gasteiger partial charge in [0.2, 0.25) is 5.91 Å². The van der Waals surface area contributed by atoms with Crippen molar-refractivity contribution in [3.05, 3.63) is 50.3 Å². The lowest BCUT2D eigenvalue weighted by molar-refractivity contribution is -0.120. The average Bonchev–Trinajstić information content (AvgIpc) is 3.18. The zero-order valence-electron chi connectivity index (χ0n) is 11.8. The Morgan fingerprint density at radius 2 is 2.23 bits per heavy atom. The van der Waals surface area contributed by atoms with Crippen molar-refractivity contribution in [2.24, 2.45) is 0 Å². The fourth-order valence-corrected chi connectivity index (χ4v) is 3.72. The fraction of sp³-hybridized carbons (Fsp3) is 0.200. The van der Waals surface area contributed by atoms with E-state index in [-0.39, 0.29) is 12.3 Å². The van der Waals surface area contributed by atoms with Crippen molar-refractivity contribution in [1.29, 1.82) is 0 Å². The van der Waals surface area contributed by atoms with Gasteiger partial charge in [0.25, 0.3) is 0 Å². The van der Waals surface area contributed by atoms with Crippen LogP contribution in [0.15, 0.2) is 34.1 Å². The van der Waals surface area contributed by atoms with Gasteiger partial charge in [-0.25, -0.2) is 4.98 Å². The topological polar surface area (TPSA) is 55.1 Å². The molecule has 0 atom stereocenters. The molecular formula is C15H13ClN2O2S2. The highest BCUT2D eigenvalue weighted by Gasteiger charge is 2.11. The van der Waals surface area contributed by atoms with Crippen molar-refractivity contribution in [2.45, 2.75) is 19.9 Å². The summed E-state index contributed by atoms with van der Waals surface area (Å²) in [5.74, 6) is 1.53.